The Hall–Kier alpha value is 0.870. The second kappa shape index (κ2) is 16.7. The van der Waals surface area contributed by atoms with Crippen LogP contribution in [0.25, 0.3) is 0 Å². The zero-order valence-corrected chi connectivity index (χ0v) is 17.4. The van der Waals surface area contributed by atoms with Gasteiger partial charge in [-0.15, -0.1) is 0 Å². The molecule has 4 nitrogen and oxygen atoms in total. The van der Waals surface area contributed by atoms with E-state index in [1.54, 1.807) is 0 Å². The maximum atomic E-state index is 10.4. The van der Waals surface area contributed by atoms with Crippen LogP contribution in [0.3, 0.4) is 0 Å². The van der Waals surface area contributed by atoms with Crippen molar-refractivity contribution in [2.75, 3.05) is 5.75 Å². The number of unbranched alkanes of at least 4 members (excludes halogenated alkanes) is 10. The van der Waals surface area contributed by atoms with Crippen molar-refractivity contribution in [2.45, 2.75) is 96.5 Å². The molecule has 0 aromatic heterocycles. The third kappa shape index (κ3) is 20.9. The second-order valence-electron chi connectivity index (χ2n) is 6.03. The molecule has 1 atom stereocenters. The number of hydrogen-bond donors (Lipinski definition) is 1. The van der Waals surface area contributed by atoms with Gasteiger partial charge in [0.25, 0.3) is 0 Å². The van der Waals surface area contributed by atoms with E-state index in [0.29, 0.717) is 6.42 Å². The molecule has 0 aromatic rings. The van der Waals surface area contributed by atoms with Gasteiger partial charge in [0.05, 0.1) is 16.2 Å². The molecular formula is C16H33NaO4S. The van der Waals surface area contributed by atoms with Gasteiger partial charge in [0.1, 0.15) is 0 Å². The first kappa shape index (κ1) is 25.1. The van der Waals surface area contributed by atoms with Crippen LogP contribution in [0, 0.1) is 0 Å². The van der Waals surface area contributed by atoms with E-state index in [4.69, 9.17) is 0 Å². The van der Waals surface area contributed by atoms with Crippen molar-refractivity contribution in [1.29, 1.82) is 0 Å². The Morgan fingerprint density at radius 1 is 0.818 bits per heavy atom. The van der Waals surface area contributed by atoms with Crippen LogP contribution in [0.4, 0.5) is 0 Å². The van der Waals surface area contributed by atoms with Crippen molar-refractivity contribution in [2.24, 2.45) is 0 Å². The summed E-state index contributed by atoms with van der Waals surface area (Å²) in [7, 11) is -4.18. The maximum Gasteiger partial charge on any atom is 1.00 e. The minimum atomic E-state index is -4.18. The van der Waals surface area contributed by atoms with E-state index in [0.717, 1.165) is 12.8 Å². The predicted molar refractivity (Wildman–Crippen MR) is 86.3 cm³/mol. The molecular weight excluding hydrogens is 311 g/mol. The molecule has 0 radical (unpaired) electrons. The number of rotatable bonds is 15. The molecule has 6 heteroatoms. The fourth-order valence-electron chi connectivity index (χ4n) is 2.47. The van der Waals surface area contributed by atoms with Gasteiger partial charge in [0.15, 0.2) is 0 Å². The molecule has 0 aliphatic rings. The van der Waals surface area contributed by atoms with Crippen molar-refractivity contribution in [3.8, 4) is 0 Å². The van der Waals surface area contributed by atoms with Crippen molar-refractivity contribution >= 4 is 10.1 Å². The third-order valence-electron chi connectivity index (χ3n) is 3.84. The SMILES string of the molecule is CCCCCCCCCCCCCC(O)CCS(=O)(=O)[O-].[Na+]. The number of aliphatic hydroxyl groups excluding tert-OH is 1. The summed E-state index contributed by atoms with van der Waals surface area (Å²) >= 11 is 0. The van der Waals surface area contributed by atoms with E-state index in [-0.39, 0.29) is 36.0 Å². The summed E-state index contributed by atoms with van der Waals surface area (Å²) in [4.78, 5) is 0. The number of aliphatic hydroxyl groups is 1. The Morgan fingerprint density at radius 2 is 1.23 bits per heavy atom. The first-order valence-electron chi connectivity index (χ1n) is 8.57. The summed E-state index contributed by atoms with van der Waals surface area (Å²) in [5.74, 6) is -0.452. The molecule has 0 aliphatic heterocycles. The Bertz CT molecular complexity index is 320. The minimum Gasteiger partial charge on any atom is -0.748 e. The molecule has 1 unspecified atom stereocenters. The first-order chi connectivity index (χ1) is 9.95. The molecule has 1 N–H and O–H groups in total. The summed E-state index contributed by atoms with van der Waals surface area (Å²) in [6.07, 6.45) is 13.8. The second-order valence-corrected chi connectivity index (χ2v) is 7.55. The van der Waals surface area contributed by atoms with E-state index in [1.165, 1.54) is 57.8 Å². The van der Waals surface area contributed by atoms with Crippen LogP contribution in [0.15, 0.2) is 0 Å². The van der Waals surface area contributed by atoms with Crippen LogP contribution in [-0.4, -0.2) is 29.9 Å². The van der Waals surface area contributed by atoms with E-state index >= 15 is 0 Å². The summed E-state index contributed by atoms with van der Waals surface area (Å²) in [5.41, 5.74) is 0. The van der Waals surface area contributed by atoms with Crippen molar-refractivity contribution in [3.05, 3.63) is 0 Å². The topological polar surface area (TPSA) is 77.4 Å². The Balaban J connectivity index is 0. The van der Waals surface area contributed by atoms with Crippen molar-refractivity contribution in [1.82, 2.24) is 0 Å². The van der Waals surface area contributed by atoms with Gasteiger partial charge in [0, 0.05) is 5.75 Å². The van der Waals surface area contributed by atoms with Gasteiger partial charge in [-0.1, -0.05) is 77.6 Å². The van der Waals surface area contributed by atoms with Gasteiger partial charge >= 0.3 is 29.6 Å². The van der Waals surface area contributed by atoms with Crippen LogP contribution < -0.4 is 29.6 Å². The molecule has 0 aliphatic carbocycles. The third-order valence-corrected chi connectivity index (χ3v) is 4.58. The molecule has 0 saturated heterocycles. The molecule has 22 heavy (non-hydrogen) atoms. The van der Waals surface area contributed by atoms with Gasteiger partial charge in [-0.05, 0) is 12.8 Å². The van der Waals surface area contributed by atoms with E-state index < -0.39 is 22.0 Å². The molecule has 0 bridgehead atoms. The summed E-state index contributed by atoms with van der Waals surface area (Å²) in [6, 6.07) is 0. The predicted octanol–water partition coefficient (Wildman–Crippen LogP) is 0.988. The molecule has 0 rings (SSSR count). The van der Waals surface area contributed by atoms with Crippen LogP contribution in [0.2, 0.25) is 0 Å². The zero-order chi connectivity index (χ0) is 16.0. The maximum absolute atomic E-state index is 10.4. The van der Waals surface area contributed by atoms with Gasteiger partial charge in [-0.2, -0.15) is 0 Å². The van der Waals surface area contributed by atoms with Gasteiger partial charge in [-0.25, -0.2) is 8.42 Å². The van der Waals surface area contributed by atoms with E-state index in [9.17, 15) is 18.1 Å². The summed E-state index contributed by atoms with van der Waals surface area (Å²) in [5, 5.41) is 9.55. The van der Waals surface area contributed by atoms with Crippen LogP contribution in [0.5, 0.6) is 0 Å². The van der Waals surface area contributed by atoms with Crippen LogP contribution >= 0.6 is 0 Å². The standard InChI is InChI=1S/C16H34O4S.Na/c1-2-3-4-5-6-7-8-9-10-11-12-13-16(17)14-15-21(18,19)20;/h16-17H,2-15H2,1H3,(H,18,19,20);/q;+1/p-1. The zero-order valence-electron chi connectivity index (χ0n) is 14.6. The molecule has 0 saturated carbocycles. The average molecular weight is 344 g/mol. The fraction of sp³-hybridized carbons (Fsp3) is 1.00. The van der Waals surface area contributed by atoms with Crippen molar-refractivity contribution in [3.63, 3.8) is 0 Å². The average Bonchev–Trinajstić information content (AvgIpc) is 2.42. The first-order valence-corrected chi connectivity index (χ1v) is 10.1. The largest absolute Gasteiger partial charge is 1.00 e. The smallest absolute Gasteiger partial charge is 0.748 e. The van der Waals surface area contributed by atoms with Gasteiger partial charge in [0.2, 0.25) is 0 Å². The van der Waals surface area contributed by atoms with E-state index in [2.05, 4.69) is 6.92 Å². The quantitative estimate of drug-likeness (QED) is 0.273. The number of hydrogen-bond acceptors (Lipinski definition) is 4. The van der Waals surface area contributed by atoms with Crippen LogP contribution in [0.1, 0.15) is 90.4 Å². The molecule has 0 amide bonds. The molecule has 128 valence electrons. The summed E-state index contributed by atoms with van der Waals surface area (Å²) in [6.45, 7) is 2.23. The molecule has 0 fully saturated rings. The fourth-order valence-corrected chi connectivity index (χ4v) is 3.03. The molecule has 0 aromatic carbocycles. The van der Waals surface area contributed by atoms with Crippen molar-refractivity contribution < 1.29 is 47.6 Å². The van der Waals surface area contributed by atoms with Crippen LogP contribution in [-0.2, 0) is 10.1 Å². The molecule has 0 heterocycles. The summed E-state index contributed by atoms with van der Waals surface area (Å²) < 4.78 is 31.3. The Morgan fingerprint density at radius 3 is 1.64 bits per heavy atom. The normalized spacial score (nSPS) is 12.9. The van der Waals surface area contributed by atoms with Gasteiger partial charge < -0.3 is 9.66 Å². The minimum absolute atomic E-state index is 0. The monoisotopic (exact) mass is 344 g/mol. The Kier molecular flexibility index (Phi) is 19.1. The Labute approximate surface area is 159 Å². The van der Waals surface area contributed by atoms with Gasteiger partial charge in [-0.3, -0.25) is 0 Å². The molecule has 0 spiro atoms. The van der Waals surface area contributed by atoms with E-state index in [1.807, 2.05) is 0 Å².